The van der Waals surface area contributed by atoms with Crippen LogP contribution in [0, 0.1) is 0 Å². The van der Waals surface area contributed by atoms with Gasteiger partial charge in [0.15, 0.2) is 6.10 Å². The monoisotopic (exact) mass is 240 g/mol. The van der Waals surface area contributed by atoms with E-state index in [0.717, 1.165) is 19.3 Å². The Bertz CT molecular complexity index is 234. The molecule has 0 radical (unpaired) electrons. The van der Waals surface area contributed by atoms with Crippen LogP contribution in [0.2, 0.25) is 0 Å². The Morgan fingerprint density at radius 2 is 1.88 bits per heavy atom. The summed E-state index contributed by atoms with van der Waals surface area (Å²) >= 11 is 0. The highest BCUT2D eigenvalue weighted by atomic mass is 19.4. The molecule has 3 nitrogen and oxygen atoms in total. The number of carbonyl (C=O) groups excluding carboxylic acids is 1. The highest BCUT2D eigenvalue weighted by Crippen LogP contribution is 2.24. The lowest BCUT2D eigenvalue weighted by atomic mass is 9.98. The second-order valence-electron chi connectivity index (χ2n) is 4.01. The molecule has 0 aromatic carbocycles. The number of halogens is 3. The number of aliphatic hydroxyl groups is 1. The van der Waals surface area contributed by atoms with Crippen LogP contribution in [0.1, 0.15) is 38.5 Å². The summed E-state index contributed by atoms with van der Waals surface area (Å²) < 4.78 is 40.6. The summed E-state index contributed by atoms with van der Waals surface area (Å²) in [4.78, 5) is 11.1. The van der Waals surface area contributed by atoms with Crippen LogP contribution in [0.15, 0.2) is 0 Å². The van der Waals surface area contributed by atoms with Crippen molar-refractivity contribution in [3.63, 3.8) is 0 Å². The lowest BCUT2D eigenvalue weighted by molar-refractivity contribution is -0.210. The zero-order chi connectivity index (χ0) is 12.2. The largest absolute Gasteiger partial charge is 0.462 e. The van der Waals surface area contributed by atoms with Crippen molar-refractivity contribution in [3.05, 3.63) is 0 Å². The predicted octanol–water partition coefficient (Wildman–Crippen LogP) is 2.18. The van der Waals surface area contributed by atoms with Crippen LogP contribution in [0.4, 0.5) is 13.2 Å². The fraction of sp³-hybridized carbons (Fsp3) is 0.900. The smallest absolute Gasteiger partial charge is 0.414 e. The number of rotatable bonds is 3. The molecule has 1 rings (SSSR count). The molecule has 1 aliphatic rings. The molecule has 0 spiro atoms. The maximum atomic E-state index is 11.9. The van der Waals surface area contributed by atoms with Crippen molar-refractivity contribution in [2.24, 2.45) is 0 Å². The zero-order valence-corrected chi connectivity index (χ0v) is 8.79. The average molecular weight is 240 g/mol. The Balaban J connectivity index is 2.29. The van der Waals surface area contributed by atoms with Crippen molar-refractivity contribution in [2.45, 2.75) is 56.9 Å². The molecule has 0 heterocycles. The van der Waals surface area contributed by atoms with E-state index >= 15 is 0 Å². The van der Waals surface area contributed by atoms with Crippen molar-refractivity contribution in [2.75, 3.05) is 0 Å². The van der Waals surface area contributed by atoms with Crippen LogP contribution < -0.4 is 0 Å². The Morgan fingerprint density at radius 3 is 2.38 bits per heavy atom. The highest BCUT2D eigenvalue weighted by molar-refractivity contribution is 5.70. The molecule has 1 aliphatic carbocycles. The van der Waals surface area contributed by atoms with E-state index in [2.05, 4.69) is 0 Å². The summed E-state index contributed by atoms with van der Waals surface area (Å²) in [6.45, 7) is 0. The van der Waals surface area contributed by atoms with Gasteiger partial charge in [0, 0.05) is 0 Å². The van der Waals surface area contributed by atoms with Crippen molar-refractivity contribution in [3.8, 4) is 0 Å². The first-order chi connectivity index (χ1) is 7.39. The second-order valence-corrected chi connectivity index (χ2v) is 4.01. The quantitative estimate of drug-likeness (QED) is 0.769. The fourth-order valence-corrected chi connectivity index (χ4v) is 1.69. The molecule has 0 amide bonds. The predicted molar refractivity (Wildman–Crippen MR) is 49.6 cm³/mol. The van der Waals surface area contributed by atoms with Gasteiger partial charge >= 0.3 is 12.1 Å². The minimum atomic E-state index is -4.76. The topological polar surface area (TPSA) is 46.5 Å². The van der Waals surface area contributed by atoms with Gasteiger partial charge in [-0.2, -0.15) is 13.2 Å². The van der Waals surface area contributed by atoms with Gasteiger partial charge in [-0.3, -0.25) is 4.79 Å². The van der Waals surface area contributed by atoms with Crippen molar-refractivity contribution < 1.29 is 27.8 Å². The third kappa shape index (κ3) is 4.38. The van der Waals surface area contributed by atoms with Gasteiger partial charge in [0.25, 0.3) is 0 Å². The number of alkyl halides is 3. The van der Waals surface area contributed by atoms with E-state index in [1.54, 1.807) is 0 Å². The third-order valence-corrected chi connectivity index (χ3v) is 2.59. The molecule has 6 heteroatoms. The lowest BCUT2D eigenvalue weighted by Crippen LogP contribution is -2.32. The molecule has 1 fully saturated rings. The number of hydrogen-bond donors (Lipinski definition) is 1. The summed E-state index contributed by atoms with van der Waals surface area (Å²) in [5.41, 5.74) is 0. The highest BCUT2D eigenvalue weighted by Gasteiger charge is 2.40. The van der Waals surface area contributed by atoms with Gasteiger partial charge in [0.1, 0.15) is 6.10 Å². The minimum Gasteiger partial charge on any atom is -0.462 e. The Morgan fingerprint density at radius 1 is 1.31 bits per heavy atom. The Kier molecular flexibility index (Phi) is 4.58. The van der Waals surface area contributed by atoms with Gasteiger partial charge in [0.2, 0.25) is 0 Å². The SMILES string of the molecule is O=C(CC(O)C(F)(F)F)OC1CCCCC1. The van der Waals surface area contributed by atoms with Crippen LogP contribution in [0.25, 0.3) is 0 Å². The fourth-order valence-electron chi connectivity index (χ4n) is 1.69. The summed E-state index contributed by atoms with van der Waals surface area (Å²) in [5.74, 6) is -0.975. The standard InChI is InChI=1S/C10H15F3O3/c11-10(12,13)8(14)6-9(15)16-7-4-2-1-3-5-7/h7-8,14H,1-6H2. The number of ether oxygens (including phenoxy) is 1. The molecule has 0 bridgehead atoms. The number of carbonyl (C=O) groups is 1. The van der Waals surface area contributed by atoms with Gasteiger partial charge in [-0.05, 0) is 25.7 Å². The molecular weight excluding hydrogens is 225 g/mol. The molecule has 16 heavy (non-hydrogen) atoms. The van der Waals surface area contributed by atoms with Gasteiger partial charge in [0.05, 0.1) is 6.42 Å². The van der Waals surface area contributed by atoms with E-state index in [-0.39, 0.29) is 6.10 Å². The van der Waals surface area contributed by atoms with Crippen LogP contribution in [0.3, 0.4) is 0 Å². The molecule has 1 unspecified atom stereocenters. The van der Waals surface area contributed by atoms with Crippen molar-refractivity contribution in [1.29, 1.82) is 0 Å². The third-order valence-electron chi connectivity index (χ3n) is 2.59. The molecular formula is C10H15F3O3. The van der Waals surface area contributed by atoms with Crippen LogP contribution in [-0.4, -0.2) is 29.5 Å². The maximum absolute atomic E-state index is 11.9. The first-order valence-electron chi connectivity index (χ1n) is 5.34. The molecule has 94 valence electrons. The van der Waals surface area contributed by atoms with Gasteiger partial charge in [-0.15, -0.1) is 0 Å². The molecule has 0 aromatic rings. The van der Waals surface area contributed by atoms with Crippen molar-refractivity contribution >= 4 is 5.97 Å². The number of hydrogen-bond acceptors (Lipinski definition) is 3. The van der Waals surface area contributed by atoms with E-state index in [4.69, 9.17) is 9.84 Å². The van der Waals surface area contributed by atoms with Crippen LogP contribution >= 0.6 is 0 Å². The van der Waals surface area contributed by atoms with E-state index in [1.165, 1.54) is 0 Å². The van der Waals surface area contributed by atoms with E-state index < -0.39 is 24.7 Å². The zero-order valence-electron chi connectivity index (χ0n) is 8.79. The molecule has 1 saturated carbocycles. The molecule has 0 aliphatic heterocycles. The molecule has 1 atom stereocenters. The normalized spacial score (nSPS) is 20.5. The Hall–Kier alpha value is -0.780. The molecule has 0 aromatic heterocycles. The molecule has 0 saturated heterocycles. The van der Waals surface area contributed by atoms with Gasteiger partial charge in [-0.25, -0.2) is 0 Å². The number of esters is 1. The summed E-state index contributed by atoms with van der Waals surface area (Å²) in [6, 6.07) is 0. The lowest BCUT2D eigenvalue weighted by Gasteiger charge is -2.22. The van der Waals surface area contributed by atoms with Gasteiger partial charge in [-0.1, -0.05) is 6.42 Å². The average Bonchev–Trinajstić information content (AvgIpc) is 2.17. The second kappa shape index (κ2) is 5.52. The summed E-state index contributed by atoms with van der Waals surface area (Å²) in [5, 5.41) is 8.66. The first-order valence-corrected chi connectivity index (χ1v) is 5.34. The van der Waals surface area contributed by atoms with Crippen LogP contribution in [-0.2, 0) is 9.53 Å². The maximum Gasteiger partial charge on any atom is 0.414 e. The van der Waals surface area contributed by atoms with E-state index in [0.29, 0.717) is 12.8 Å². The minimum absolute atomic E-state index is 0.276. The summed E-state index contributed by atoms with van der Waals surface area (Å²) in [7, 11) is 0. The van der Waals surface area contributed by atoms with E-state index in [1.807, 2.05) is 0 Å². The summed E-state index contributed by atoms with van der Waals surface area (Å²) in [6.07, 6.45) is -4.34. The van der Waals surface area contributed by atoms with Crippen molar-refractivity contribution in [1.82, 2.24) is 0 Å². The van der Waals surface area contributed by atoms with Crippen LogP contribution in [0.5, 0.6) is 0 Å². The molecule has 1 N–H and O–H groups in total. The van der Waals surface area contributed by atoms with E-state index in [9.17, 15) is 18.0 Å². The number of aliphatic hydroxyl groups excluding tert-OH is 1. The first kappa shape index (κ1) is 13.3. The Labute approximate surface area is 91.6 Å². The van der Waals surface area contributed by atoms with Gasteiger partial charge < -0.3 is 9.84 Å².